The predicted molar refractivity (Wildman–Crippen MR) is 237 cm³/mol. The Hall–Kier alpha value is -7.17. The lowest BCUT2D eigenvalue weighted by Crippen LogP contribution is -2.39. The van der Waals surface area contributed by atoms with Gasteiger partial charge in [-0.15, -0.1) is 0 Å². The maximum atomic E-state index is 5.04. The van der Waals surface area contributed by atoms with Crippen molar-refractivity contribution in [2.45, 2.75) is 24.7 Å². The van der Waals surface area contributed by atoms with E-state index in [0.29, 0.717) is 17.5 Å². The molecule has 0 radical (unpaired) electrons. The highest BCUT2D eigenvalue weighted by atomic mass is 15.2. The Balaban J connectivity index is 1.23. The van der Waals surface area contributed by atoms with Crippen LogP contribution in [-0.4, -0.2) is 15.0 Å². The molecule has 1 aromatic heterocycles. The van der Waals surface area contributed by atoms with Crippen molar-refractivity contribution >= 4 is 22.5 Å². The highest BCUT2D eigenvalue weighted by Crippen LogP contribution is 2.65. The molecule has 57 heavy (non-hydrogen) atoms. The summed E-state index contributed by atoms with van der Waals surface area (Å²) in [5.41, 5.74) is 14.0. The van der Waals surface area contributed by atoms with Gasteiger partial charge in [-0.25, -0.2) is 15.0 Å². The maximum absolute atomic E-state index is 5.04. The quantitative estimate of drug-likeness (QED) is 0.139. The molecule has 2 heterocycles. The molecule has 9 rings (SSSR count). The SMILES string of the molecule is C=C/C=C(\C=C/C)c1nc(-c2ccccc2)nc(-c2cccc(C3=CCC4C(=C3)C3(C(C=C)=C(C=C)N(c5ccccc5)c5ccccc53)c3ccccc34)c2)n1. The van der Waals surface area contributed by atoms with Gasteiger partial charge < -0.3 is 4.90 Å². The van der Waals surface area contributed by atoms with Gasteiger partial charge in [0.2, 0.25) is 0 Å². The van der Waals surface area contributed by atoms with Crippen LogP contribution in [-0.2, 0) is 5.41 Å². The number of benzene rings is 5. The van der Waals surface area contributed by atoms with Crippen LogP contribution in [0, 0.1) is 0 Å². The lowest BCUT2D eigenvalue weighted by molar-refractivity contribution is 0.678. The van der Waals surface area contributed by atoms with E-state index in [1.54, 1.807) is 6.08 Å². The molecule has 1 aliphatic heterocycles. The van der Waals surface area contributed by atoms with Crippen LogP contribution in [0.3, 0.4) is 0 Å². The summed E-state index contributed by atoms with van der Waals surface area (Å²) in [6, 6.07) is 47.1. The molecule has 2 atom stereocenters. The van der Waals surface area contributed by atoms with Crippen molar-refractivity contribution in [3.05, 3.63) is 247 Å². The van der Waals surface area contributed by atoms with E-state index in [-0.39, 0.29) is 5.92 Å². The number of hydrogen-bond acceptors (Lipinski definition) is 4. The number of para-hydroxylation sites is 2. The van der Waals surface area contributed by atoms with Crippen molar-refractivity contribution < 1.29 is 0 Å². The number of allylic oxidation sites excluding steroid dienone is 12. The number of rotatable bonds is 9. The first-order chi connectivity index (χ1) is 28.1. The lowest BCUT2D eigenvalue weighted by atomic mass is 9.62. The summed E-state index contributed by atoms with van der Waals surface area (Å²) in [5, 5.41) is 0. The second kappa shape index (κ2) is 14.8. The molecule has 4 nitrogen and oxygen atoms in total. The second-order valence-corrected chi connectivity index (χ2v) is 14.4. The fraction of sp³-hybridized carbons (Fsp3) is 0.0755. The van der Waals surface area contributed by atoms with Crippen LogP contribution in [0.15, 0.2) is 219 Å². The minimum Gasteiger partial charge on any atom is -0.310 e. The first kappa shape index (κ1) is 35.5. The van der Waals surface area contributed by atoms with E-state index in [2.05, 4.69) is 146 Å². The van der Waals surface area contributed by atoms with Crippen molar-refractivity contribution in [1.29, 1.82) is 0 Å². The molecule has 0 N–H and O–H groups in total. The summed E-state index contributed by atoms with van der Waals surface area (Å²) < 4.78 is 0. The van der Waals surface area contributed by atoms with Gasteiger partial charge in [0.1, 0.15) is 0 Å². The first-order valence-electron chi connectivity index (χ1n) is 19.4. The van der Waals surface area contributed by atoms with Crippen molar-refractivity contribution in [3.8, 4) is 22.8 Å². The van der Waals surface area contributed by atoms with Crippen LogP contribution in [0.25, 0.3) is 33.9 Å². The number of aromatic nitrogens is 3. The minimum absolute atomic E-state index is 0.201. The zero-order chi connectivity index (χ0) is 38.9. The Labute approximate surface area is 335 Å². The average Bonchev–Trinajstić information content (AvgIpc) is 3.56. The first-order valence-corrected chi connectivity index (χ1v) is 19.4. The third kappa shape index (κ3) is 5.80. The largest absolute Gasteiger partial charge is 0.310 e. The maximum Gasteiger partial charge on any atom is 0.164 e. The molecule has 6 aromatic rings. The van der Waals surface area contributed by atoms with Crippen molar-refractivity contribution in [2.75, 3.05) is 4.90 Å². The van der Waals surface area contributed by atoms with E-state index in [4.69, 9.17) is 15.0 Å². The monoisotopic (exact) mass is 734 g/mol. The molecule has 3 aliphatic rings. The predicted octanol–water partition coefficient (Wildman–Crippen LogP) is 12.9. The third-order valence-corrected chi connectivity index (χ3v) is 11.3. The third-order valence-electron chi connectivity index (χ3n) is 11.3. The molecule has 0 saturated carbocycles. The van der Waals surface area contributed by atoms with E-state index in [1.165, 1.54) is 27.8 Å². The fourth-order valence-corrected chi connectivity index (χ4v) is 9.05. The summed E-state index contributed by atoms with van der Waals surface area (Å²) in [5.74, 6) is 2.03. The second-order valence-electron chi connectivity index (χ2n) is 14.4. The Morgan fingerprint density at radius 3 is 2.11 bits per heavy atom. The van der Waals surface area contributed by atoms with Gasteiger partial charge in [-0.3, -0.25) is 0 Å². The molecular weight excluding hydrogens is 693 g/mol. The molecule has 0 saturated heterocycles. The molecule has 2 unspecified atom stereocenters. The van der Waals surface area contributed by atoms with E-state index in [0.717, 1.165) is 51.3 Å². The van der Waals surface area contributed by atoms with Crippen LogP contribution in [0.1, 0.15) is 47.3 Å². The Morgan fingerprint density at radius 1 is 0.702 bits per heavy atom. The standard InChI is InChI=1S/C53H42N4/c1-5-20-36(21-6-2)50-54-51(37-22-11-9-12-23-37)56-52(55-50)40-25-19-24-38(34-40)39-32-33-43-42-28-15-16-29-45(42)53(47(43)35-39)44(7-3)48(8-4)57(41-26-13-10-14-27-41)49-31-18-17-30-46(49)53/h5-32,34-35,43H,1,3-4,33H2,2H3/b21-6-,36-20+. The molecule has 5 aromatic carbocycles. The zero-order valence-corrected chi connectivity index (χ0v) is 32.0. The summed E-state index contributed by atoms with van der Waals surface area (Å²) >= 11 is 0. The van der Waals surface area contributed by atoms with Crippen LogP contribution < -0.4 is 4.90 Å². The molecule has 0 bridgehead atoms. The van der Waals surface area contributed by atoms with Gasteiger partial charge in [0, 0.05) is 28.3 Å². The van der Waals surface area contributed by atoms with E-state index >= 15 is 0 Å². The molecule has 1 spiro atoms. The van der Waals surface area contributed by atoms with Crippen LogP contribution >= 0.6 is 0 Å². The number of fused-ring (bicyclic) bond motifs is 7. The Morgan fingerprint density at radius 2 is 1.37 bits per heavy atom. The van der Waals surface area contributed by atoms with Gasteiger partial charge in [-0.1, -0.05) is 171 Å². The molecule has 0 amide bonds. The van der Waals surface area contributed by atoms with Gasteiger partial charge in [0.05, 0.1) is 16.8 Å². The molecule has 4 heteroatoms. The Kier molecular flexibility index (Phi) is 9.23. The van der Waals surface area contributed by atoms with E-state index in [1.807, 2.05) is 61.6 Å². The average molecular weight is 735 g/mol. The van der Waals surface area contributed by atoms with Crippen LogP contribution in [0.2, 0.25) is 0 Å². The summed E-state index contributed by atoms with van der Waals surface area (Å²) in [6.45, 7) is 14.8. The summed E-state index contributed by atoms with van der Waals surface area (Å²) in [6.07, 6.45) is 17.5. The van der Waals surface area contributed by atoms with E-state index in [9.17, 15) is 0 Å². The lowest BCUT2D eigenvalue weighted by Gasteiger charge is -2.46. The van der Waals surface area contributed by atoms with Crippen molar-refractivity contribution in [2.24, 2.45) is 0 Å². The molecule has 274 valence electrons. The Bertz CT molecular complexity index is 2730. The smallest absolute Gasteiger partial charge is 0.164 e. The molecule has 0 fully saturated rings. The van der Waals surface area contributed by atoms with Gasteiger partial charge >= 0.3 is 0 Å². The highest BCUT2D eigenvalue weighted by molar-refractivity contribution is 5.89. The zero-order valence-electron chi connectivity index (χ0n) is 32.0. The van der Waals surface area contributed by atoms with Crippen LogP contribution in [0.4, 0.5) is 11.4 Å². The van der Waals surface area contributed by atoms with Gasteiger partial charge in [0.15, 0.2) is 17.5 Å². The highest BCUT2D eigenvalue weighted by Gasteiger charge is 2.55. The summed E-state index contributed by atoms with van der Waals surface area (Å²) in [7, 11) is 0. The van der Waals surface area contributed by atoms with Gasteiger partial charge in [0.25, 0.3) is 0 Å². The topological polar surface area (TPSA) is 41.9 Å². The fourth-order valence-electron chi connectivity index (χ4n) is 9.05. The normalized spacial score (nSPS) is 18.4. The van der Waals surface area contributed by atoms with Crippen molar-refractivity contribution in [1.82, 2.24) is 15.0 Å². The number of hydrogen-bond donors (Lipinski definition) is 0. The molecular formula is C53H42N4. The van der Waals surface area contributed by atoms with Crippen LogP contribution in [0.5, 0.6) is 0 Å². The number of nitrogens with zero attached hydrogens (tertiary/aromatic N) is 4. The number of anilines is 2. The van der Waals surface area contributed by atoms with E-state index < -0.39 is 5.41 Å². The van der Waals surface area contributed by atoms with Crippen molar-refractivity contribution in [3.63, 3.8) is 0 Å². The minimum atomic E-state index is -0.570. The summed E-state index contributed by atoms with van der Waals surface area (Å²) in [4.78, 5) is 17.3. The molecule has 2 aliphatic carbocycles. The van der Waals surface area contributed by atoms with Gasteiger partial charge in [-0.05, 0) is 82.7 Å². The van der Waals surface area contributed by atoms with Gasteiger partial charge in [-0.2, -0.15) is 0 Å².